The Balaban J connectivity index is 1.24. The van der Waals surface area contributed by atoms with E-state index < -0.39 is 0 Å². The van der Waals surface area contributed by atoms with E-state index in [1.807, 2.05) is 4.90 Å². The van der Waals surface area contributed by atoms with Crippen molar-refractivity contribution in [2.75, 3.05) is 13.1 Å². The third-order valence-electron chi connectivity index (χ3n) is 7.53. The van der Waals surface area contributed by atoms with Gasteiger partial charge in [-0.2, -0.15) is 0 Å². The van der Waals surface area contributed by atoms with Crippen molar-refractivity contribution >= 4 is 11.8 Å². The van der Waals surface area contributed by atoms with Crippen LogP contribution >= 0.6 is 0 Å². The first-order valence-electron chi connectivity index (χ1n) is 11.4. The van der Waals surface area contributed by atoms with Crippen LogP contribution in [0.4, 0.5) is 0 Å². The molecule has 29 heavy (non-hydrogen) atoms. The second-order valence-electron chi connectivity index (χ2n) is 9.50. The third-order valence-corrected chi connectivity index (χ3v) is 7.53. The van der Waals surface area contributed by atoms with Crippen molar-refractivity contribution in [2.24, 2.45) is 29.4 Å². The highest BCUT2D eigenvalue weighted by atomic mass is 16.2. The van der Waals surface area contributed by atoms with Crippen LogP contribution in [0.5, 0.6) is 0 Å². The number of likely N-dealkylation sites (tertiary alicyclic amines) is 1. The van der Waals surface area contributed by atoms with E-state index in [1.54, 1.807) is 0 Å². The lowest BCUT2D eigenvalue weighted by molar-refractivity contribution is -0.141. The van der Waals surface area contributed by atoms with E-state index in [2.05, 4.69) is 36.5 Å². The maximum atomic E-state index is 13.1. The summed E-state index contributed by atoms with van der Waals surface area (Å²) >= 11 is 0. The Morgan fingerprint density at radius 2 is 1.62 bits per heavy atom. The monoisotopic (exact) mass is 397 g/mol. The zero-order valence-corrected chi connectivity index (χ0v) is 17.6. The molecule has 0 spiro atoms. The first kappa shape index (κ1) is 20.4. The molecular weight excluding hydrogens is 362 g/mol. The number of nitrogens with two attached hydrogens (primary N) is 1. The number of hydrogen-bond donors (Lipinski definition) is 2. The van der Waals surface area contributed by atoms with E-state index in [0.29, 0.717) is 43.4 Å². The summed E-state index contributed by atoms with van der Waals surface area (Å²) in [6.45, 7) is 4.05. The molecular formula is C24H35N3O2. The van der Waals surface area contributed by atoms with E-state index >= 15 is 0 Å². The molecule has 5 nitrogen and oxygen atoms in total. The van der Waals surface area contributed by atoms with Crippen LogP contribution in [-0.4, -0.2) is 35.8 Å². The van der Waals surface area contributed by atoms with Gasteiger partial charge in [0.1, 0.15) is 0 Å². The summed E-state index contributed by atoms with van der Waals surface area (Å²) in [5, 5.41) is 3.07. The first-order chi connectivity index (χ1) is 14.0. The molecule has 158 valence electrons. The van der Waals surface area contributed by atoms with Crippen molar-refractivity contribution in [3.05, 3.63) is 35.4 Å². The number of rotatable bonds is 4. The number of nitrogens with zero attached hydrogens (tertiary/aromatic N) is 1. The predicted octanol–water partition coefficient (Wildman–Crippen LogP) is 3.00. The molecule has 3 fully saturated rings. The minimum Gasteiger partial charge on any atom is -0.352 e. The number of hydrogen-bond acceptors (Lipinski definition) is 3. The highest BCUT2D eigenvalue weighted by Crippen LogP contribution is 2.42. The van der Waals surface area contributed by atoms with Crippen molar-refractivity contribution in [3.63, 3.8) is 0 Å². The standard InChI is InChI=1S/C24H35N3O2/c1-16-5-7-17(8-6-16)15-26-23(28)18-9-11-27(12-10-18)24(29)21-13-19-3-2-4-20(14-21)22(19)25/h5-8,18-22H,2-4,9-15,25H2,1H3,(H,26,28). The van der Waals surface area contributed by atoms with Crippen molar-refractivity contribution in [3.8, 4) is 0 Å². The highest BCUT2D eigenvalue weighted by molar-refractivity contribution is 5.81. The number of nitrogens with one attached hydrogen (secondary N) is 1. The second kappa shape index (κ2) is 8.86. The largest absolute Gasteiger partial charge is 0.352 e. The minimum absolute atomic E-state index is 0.0173. The van der Waals surface area contributed by atoms with E-state index in [1.165, 1.54) is 24.8 Å². The molecule has 4 rings (SSSR count). The lowest BCUT2D eigenvalue weighted by Gasteiger charge is -2.45. The van der Waals surface area contributed by atoms with Crippen LogP contribution in [0, 0.1) is 30.6 Å². The lowest BCUT2D eigenvalue weighted by atomic mass is 9.65. The molecule has 1 saturated heterocycles. The van der Waals surface area contributed by atoms with Gasteiger partial charge in [-0.25, -0.2) is 0 Å². The van der Waals surface area contributed by atoms with E-state index in [4.69, 9.17) is 5.73 Å². The summed E-state index contributed by atoms with van der Waals surface area (Å²) in [6.07, 6.45) is 7.11. The quantitative estimate of drug-likeness (QED) is 0.820. The number of carbonyl (C=O) groups excluding carboxylic acids is 2. The smallest absolute Gasteiger partial charge is 0.225 e. The topological polar surface area (TPSA) is 75.4 Å². The molecule has 2 aliphatic carbocycles. The molecule has 0 aromatic heterocycles. The van der Waals surface area contributed by atoms with Crippen molar-refractivity contribution < 1.29 is 9.59 Å². The van der Waals surface area contributed by atoms with Crippen LogP contribution in [0.15, 0.2) is 24.3 Å². The van der Waals surface area contributed by atoms with Gasteiger partial charge in [0.2, 0.25) is 11.8 Å². The average molecular weight is 398 g/mol. The molecule has 1 aromatic carbocycles. The molecule has 2 saturated carbocycles. The van der Waals surface area contributed by atoms with Gasteiger partial charge in [0.25, 0.3) is 0 Å². The molecule has 2 amide bonds. The minimum atomic E-state index is 0.0173. The van der Waals surface area contributed by atoms with Gasteiger partial charge in [-0.1, -0.05) is 36.2 Å². The highest BCUT2D eigenvalue weighted by Gasteiger charge is 2.42. The molecule has 3 N–H and O–H groups in total. The van der Waals surface area contributed by atoms with Gasteiger partial charge in [0.15, 0.2) is 0 Å². The SMILES string of the molecule is Cc1ccc(CNC(=O)C2CCN(C(=O)C3CC4CCCC(C3)C4N)CC2)cc1. The number of fused-ring (bicyclic) bond motifs is 2. The van der Waals surface area contributed by atoms with Gasteiger partial charge >= 0.3 is 0 Å². The summed E-state index contributed by atoms with van der Waals surface area (Å²) in [6, 6.07) is 8.55. The fourth-order valence-corrected chi connectivity index (χ4v) is 5.65. The summed E-state index contributed by atoms with van der Waals surface area (Å²) < 4.78 is 0. The van der Waals surface area contributed by atoms with Crippen LogP contribution in [0.1, 0.15) is 56.1 Å². The summed E-state index contributed by atoms with van der Waals surface area (Å²) in [7, 11) is 0. The zero-order chi connectivity index (χ0) is 20.4. The van der Waals surface area contributed by atoms with Crippen LogP contribution in [-0.2, 0) is 16.1 Å². The van der Waals surface area contributed by atoms with Gasteiger partial charge in [0.05, 0.1) is 0 Å². The molecule has 2 bridgehead atoms. The number of benzene rings is 1. The van der Waals surface area contributed by atoms with E-state index in [9.17, 15) is 9.59 Å². The Bertz CT molecular complexity index is 710. The van der Waals surface area contributed by atoms with Gasteiger partial charge in [-0.05, 0) is 62.8 Å². The van der Waals surface area contributed by atoms with E-state index in [0.717, 1.165) is 31.2 Å². The lowest BCUT2D eigenvalue weighted by Crippen LogP contribution is -2.51. The van der Waals surface area contributed by atoms with Gasteiger partial charge < -0.3 is 16.0 Å². The molecule has 5 heteroatoms. The van der Waals surface area contributed by atoms with Crippen LogP contribution in [0.25, 0.3) is 0 Å². The Kier molecular flexibility index (Phi) is 6.23. The van der Waals surface area contributed by atoms with Crippen molar-refractivity contribution in [1.82, 2.24) is 10.2 Å². The van der Waals surface area contributed by atoms with Crippen molar-refractivity contribution in [1.29, 1.82) is 0 Å². The Hall–Kier alpha value is -1.88. The zero-order valence-electron chi connectivity index (χ0n) is 17.6. The normalized spacial score (nSPS) is 30.1. The number of amides is 2. The summed E-state index contributed by atoms with van der Waals surface area (Å²) in [4.78, 5) is 27.7. The molecule has 1 aliphatic heterocycles. The molecule has 0 radical (unpaired) electrons. The van der Waals surface area contributed by atoms with Gasteiger partial charge in [-0.3, -0.25) is 9.59 Å². The fraction of sp³-hybridized carbons (Fsp3) is 0.667. The number of piperidine rings is 1. The number of aryl methyl sites for hydroxylation is 1. The first-order valence-corrected chi connectivity index (χ1v) is 11.4. The number of carbonyl (C=O) groups is 2. The second-order valence-corrected chi connectivity index (χ2v) is 9.50. The maximum absolute atomic E-state index is 13.1. The average Bonchev–Trinajstić information content (AvgIpc) is 2.72. The van der Waals surface area contributed by atoms with Crippen LogP contribution in [0.2, 0.25) is 0 Å². The maximum Gasteiger partial charge on any atom is 0.225 e. The van der Waals surface area contributed by atoms with Crippen molar-refractivity contribution in [2.45, 2.75) is 64.5 Å². The Morgan fingerprint density at radius 3 is 2.24 bits per heavy atom. The summed E-state index contributed by atoms with van der Waals surface area (Å²) in [5.74, 6) is 1.66. The fourth-order valence-electron chi connectivity index (χ4n) is 5.65. The predicted molar refractivity (Wildman–Crippen MR) is 114 cm³/mol. The van der Waals surface area contributed by atoms with Gasteiger partial charge in [0, 0.05) is 37.5 Å². The van der Waals surface area contributed by atoms with E-state index in [-0.39, 0.29) is 17.7 Å². The molecule has 1 heterocycles. The molecule has 2 unspecified atom stereocenters. The third kappa shape index (κ3) is 4.66. The molecule has 3 aliphatic rings. The van der Waals surface area contributed by atoms with Gasteiger partial charge in [-0.15, -0.1) is 0 Å². The molecule has 2 atom stereocenters. The Labute approximate surface area is 174 Å². The Morgan fingerprint density at radius 1 is 1.00 bits per heavy atom. The summed E-state index contributed by atoms with van der Waals surface area (Å²) in [5.41, 5.74) is 8.73. The molecule has 1 aromatic rings. The van der Waals surface area contributed by atoms with Crippen LogP contribution in [0.3, 0.4) is 0 Å². The van der Waals surface area contributed by atoms with Crippen LogP contribution < -0.4 is 11.1 Å².